The number of aryl methyl sites for hydroxylation is 2. The van der Waals surface area contributed by atoms with E-state index >= 15 is 0 Å². The van der Waals surface area contributed by atoms with Crippen LogP contribution in [0.4, 0.5) is 22.7 Å². The number of unbranched alkanes of at least 4 members (excludes halogenated alkanes) is 6. The van der Waals surface area contributed by atoms with Gasteiger partial charge in [0.05, 0.1) is 0 Å². The molecule has 0 aliphatic rings. The van der Waals surface area contributed by atoms with Gasteiger partial charge < -0.3 is 30.2 Å². The highest BCUT2D eigenvalue weighted by molar-refractivity contribution is 8.77. The predicted molar refractivity (Wildman–Crippen MR) is 418 cm³/mol. The Bertz CT molecular complexity index is 3440. The Morgan fingerprint density at radius 1 is 0.312 bits per heavy atom. The van der Waals surface area contributed by atoms with Crippen molar-refractivity contribution in [3.05, 3.63) is 240 Å². The van der Waals surface area contributed by atoms with Gasteiger partial charge in [0.1, 0.15) is 13.1 Å². The number of rotatable bonds is 38. The van der Waals surface area contributed by atoms with E-state index in [1.807, 2.05) is 98.3 Å². The van der Waals surface area contributed by atoms with Crippen LogP contribution in [0, 0.1) is 0 Å². The Morgan fingerprint density at radius 3 is 0.865 bits per heavy atom. The fourth-order valence-electron chi connectivity index (χ4n) is 10.2. The lowest BCUT2D eigenvalue weighted by Crippen LogP contribution is -2.45. The minimum absolute atomic E-state index is 0.0242. The lowest BCUT2D eigenvalue weighted by molar-refractivity contribution is -0.699. The van der Waals surface area contributed by atoms with Crippen molar-refractivity contribution < 1.29 is 27.9 Å². The first-order valence-electron chi connectivity index (χ1n) is 33.6. The van der Waals surface area contributed by atoms with Gasteiger partial charge in [-0.15, -0.1) is 0 Å². The van der Waals surface area contributed by atoms with Gasteiger partial charge in [-0.2, -0.15) is 18.3 Å². The third kappa shape index (κ3) is 28.4. The topological polar surface area (TPSA) is 86.7 Å². The molecule has 4 heterocycles. The Balaban J connectivity index is 0.000000271. The standard InChI is InChI=1S/C42H56N4S2.C38H44N6O2S2/c1-43(2)39-25-19-37(20-26-39)23-29-41-17-9-13-33-45(41)31-11-5-7-15-35-47-48-36-16-8-6-12-32-46-34-14-10-18-42(46)30-24-38-21-27-40(28-22-38)44(3)4;1-41(2)33-17-11-31(12-18-33)15-21-35-9-5-7-25-43(35)29-37(45)39-23-27-47-48-28-24-40-38(46)30-44-26-8-6-10-36(44)22-16-32-13-19-34(20-14-32)42(3)4/h9-10,13-14,17-30,33-34H,5-8,11-12,15-16,31-32,35-36H2,1-4H3;5-22,25-26H,23-24,27-30H2,1-4H3/q+2;/p+2. The van der Waals surface area contributed by atoms with Crippen molar-refractivity contribution in [2.45, 2.75) is 77.5 Å². The van der Waals surface area contributed by atoms with E-state index in [9.17, 15) is 9.59 Å². The Morgan fingerprint density at radius 2 is 0.573 bits per heavy atom. The van der Waals surface area contributed by atoms with E-state index in [0.29, 0.717) is 13.1 Å². The van der Waals surface area contributed by atoms with Crippen LogP contribution in [0.5, 0.6) is 0 Å². The molecule has 0 unspecified atom stereocenters. The molecule has 0 saturated heterocycles. The summed E-state index contributed by atoms with van der Waals surface area (Å²) in [6.45, 7) is 3.83. The van der Waals surface area contributed by atoms with Crippen molar-refractivity contribution in [3.63, 3.8) is 0 Å². The average Bonchev–Trinajstić information content (AvgIpc) is 1.26. The minimum Gasteiger partial charge on any atom is -0.378 e. The smallest absolute Gasteiger partial charge is 0.286 e. The molecule has 2 N–H and O–H groups in total. The fourth-order valence-corrected chi connectivity index (χ4v) is 14.3. The number of nitrogens with one attached hydrogen (secondary N) is 2. The molecule has 2 amide bonds. The monoisotopic (exact) mass is 1360 g/mol. The third-order valence-electron chi connectivity index (χ3n) is 15.9. The normalized spacial score (nSPS) is 11.3. The number of anilines is 4. The quantitative estimate of drug-likeness (QED) is 0.0222. The Hall–Kier alpha value is -8.02. The highest BCUT2D eigenvalue weighted by atomic mass is 33.1. The number of carbonyl (C=O) groups is 2. The summed E-state index contributed by atoms with van der Waals surface area (Å²) in [4.78, 5) is 33.7. The number of aromatic nitrogens is 4. The van der Waals surface area contributed by atoms with Crippen molar-refractivity contribution in [1.29, 1.82) is 0 Å². The molecule has 0 radical (unpaired) electrons. The summed E-state index contributed by atoms with van der Waals surface area (Å²) >= 11 is 0. The van der Waals surface area contributed by atoms with E-state index in [2.05, 4.69) is 271 Å². The summed E-state index contributed by atoms with van der Waals surface area (Å²) in [5.41, 5.74) is 13.9. The van der Waals surface area contributed by atoms with Crippen LogP contribution < -0.4 is 48.5 Å². The predicted octanol–water partition coefficient (Wildman–Crippen LogP) is 15.0. The number of pyridine rings is 4. The van der Waals surface area contributed by atoms with Crippen LogP contribution in [0.2, 0.25) is 0 Å². The average molecular weight is 1360 g/mol. The van der Waals surface area contributed by atoms with Gasteiger partial charge in [-0.25, -0.2) is 0 Å². The van der Waals surface area contributed by atoms with Gasteiger partial charge in [-0.3, -0.25) is 9.59 Å². The van der Waals surface area contributed by atoms with E-state index < -0.39 is 0 Å². The summed E-state index contributed by atoms with van der Waals surface area (Å²) in [5.74, 6) is 4.06. The lowest BCUT2D eigenvalue weighted by Gasteiger charge is -2.11. The molecule has 0 bridgehead atoms. The summed E-state index contributed by atoms with van der Waals surface area (Å²) in [6.07, 6.45) is 35.7. The Labute approximate surface area is 590 Å². The number of hydrogen-bond donors (Lipinski definition) is 2. The van der Waals surface area contributed by atoms with Crippen LogP contribution in [0.25, 0.3) is 48.6 Å². The van der Waals surface area contributed by atoms with Crippen molar-refractivity contribution in [2.24, 2.45) is 0 Å². The zero-order valence-electron chi connectivity index (χ0n) is 57.8. The maximum Gasteiger partial charge on any atom is 0.286 e. The molecule has 12 nitrogen and oxygen atoms in total. The molecule has 0 aliphatic carbocycles. The molecule has 0 spiro atoms. The molecule has 4 aromatic heterocycles. The molecule has 8 rings (SSSR count). The fraction of sp³-hybridized carbons (Fsp3) is 0.325. The second-order valence-electron chi connectivity index (χ2n) is 24.2. The molecule has 16 heteroatoms. The number of nitrogens with zero attached hydrogens (tertiary/aromatic N) is 8. The third-order valence-corrected chi connectivity index (χ3v) is 20.9. The summed E-state index contributed by atoms with van der Waals surface area (Å²) in [7, 11) is 23.9. The summed E-state index contributed by atoms with van der Waals surface area (Å²) in [6, 6.07) is 58.9. The van der Waals surface area contributed by atoms with Crippen LogP contribution in [0.3, 0.4) is 0 Å². The van der Waals surface area contributed by atoms with Crippen molar-refractivity contribution >= 4 is 126 Å². The minimum atomic E-state index is -0.0242. The van der Waals surface area contributed by atoms with Crippen molar-refractivity contribution in [1.82, 2.24) is 10.6 Å². The molecule has 8 aromatic rings. The van der Waals surface area contributed by atoms with E-state index in [4.69, 9.17) is 0 Å². The lowest BCUT2D eigenvalue weighted by atomic mass is 10.1. The summed E-state index contributed by atoms with van der Waals surface area (Å²) < 4.78 is 8.66. The van der Waals surface area contributed by atoms with E-state index in [1.165, 1.54) is 96.8 Å². The Kier molecular flexibility index (Phi) is 33.9. The molecule has 0 fully saturated rings. The molecule has 0 aliphatic heterocycles. The van der Waals surface area contributed by atoms with E-state index in [1.54, 1.807) is 21.6 Å². The number of carbonyl (C=O) groups excluding carboxylic acids is 2. The number of amides is 2. The van der Waals surface area contributed by atoms with Gasteiger partial charge in [0, 0.05) is 201 Å². The SMILES string of the molecule is CN(C)c1ccc(/C=C/c2cccc[n+]2CC(=O)NCCSSCCNC(=O)C[n+]2ccccc2/C=C/c2ccc(N(C)C)cc2)cc1.CN(C)c1ccc(/C=C/c2cccc[n+]2CCCCCCSSCCCCCC[n+]2ccccc2/C=C/c2ccc(N(C)C)cc2)cc1. The highest BCUT2D eigenvalue weighted by Crippen LogP contribution is 2.25. The van der Waals surface area contributed by atoms with Crippen molar-refractivity contribution in [3.8, 4) is 0 Å². The van der Waals surface area contributed by atoms with Crippen LogP contribution >= 0.6 is 43.2 Å². The number of hydrogen-bond acceptors (Lipinski definition) is 10. The van der Waals surface area contributed by atoms with Gasteiger partial charge in [-0.05, 0) is 145 Å². The van der Waals surface area contributed by atoms with Crippen LogP contribution in [-0.2, 0) is 35.8 Å². The second-order valence-corrected chi connectivity index (χ2v) is 29.6. The zero-order valence-corrected chi connectivity index (χ0v) is 61.1. The summed E-state index contributed by atoms with van der Waals surface area (Å²) in [5, 5.41) is 6.03. The van der Waals surface area contributed by atoms with Crippen LogP contribution in [-0.4, -0.2) is 104 Å². The molecule has 4 aromatic carbocycles. The van der Waals surface area contributed by atoms with Crippen LogP contribution in [0.1, 0.15) is 96.4 Å². The number of benzene rings is 4. The van der Waals surface area contributed by atoms with Gasteiger partial charge in [0.2, 0.25) is 35.9 Å². The van der Waals surface area contributed by atoms with Gasteiger partial charge in [-0.1, -0.05) is 105 Å². The first-order chi connectivity index (χ1) is 46.8. The molecule has 0 atom stereocenters. The molecular weight excluding hydrogens is 1260 g/mol. The maximum atomic E-state index is 12.6. The largest absolute Gasteiger partial charge is 0.378 e. The van der Waals surface area contributed by atoms with Gasteiger partial charge in [0.25, 0.3) is 11.8 Å². The maximum absolute atomic E-state index is 12.6. The molecule has 0 saturated carbocycles. The van der Waals surface area contributed by atoms with E-state index in [-0.39, 0.29) is 24.9 Å². The van der Waals surface area contributed by atoms with Crippen molar-refractivity contribution in [2.75, 3.05) is 112 Å². The van der Waals surface area contributed by atoms with Crippen LogP contribution in [0.15, 0.2) is 195 Å². The highest BCUT2D eigenvalue weighted by Gasteiger charge is 2.15. The second kappa shape index (κ2) is 43.2. The molecular formula is C80H102N10O2S4+4. The van der Waals surface area contributed by atoms with Gasteiger partial charge >= 0.3 is 0 Å². The van der Waals surface area contributed by atoms with Gasteiger partial charge in [0.15, 0.2) is 24.8 Å². The molecule has 504 valence electrons. The van der Waals surface area contributed by atoms with E-state index in [0.717, 1.165) is 58.5 Å². The first kappa shape index (κ1) is 75.4. The first-order valence-corrected chi connectivity index (χ1v) is 38.5. The molecule has 96 heavy (non-hydrogen) atoms. The zero-order chi connectivity index (χ0) is 68.0.